The molecule has 0 spiro atoms. The highest BCUT2D eigenvalue weighted by Gasteiger charge is 2.21. The van der Waals surface area contributed by atoms with Crippen LogP contribution in [0.15, 0.2) is 22.7 Å². The standard InChI is InChI=1S/C12H15BrClNO2/c1-12(2,5-6-14)15-11(17)9-4-3-8(13)7-10(9)16/h3-4,7,16H,5-6H2,1-2H3,(H,15,17). The van der Waals surface area contributed by atoms with Gasteiger partial charge in [0.2, 0.25) is 0 Å². The summed E-state index contributed by atoms with van der Waals surface area (Å²) in [5.41, 5.74) is -0.130. The Kier molecular flexibility index (Phi) is 4.83. The van der Waals surface area contributed by atoms with Gasteiger partial charge >= 0.3 is 0 Å². The van der Waals surface area contributed by atoms with E-state index in [4.69, 9.17) is 11.6 Å². The zero-order valence-corrected chi connectivity index (χ0v) is 12.1. The normalized spacial score (nSPS) is 11.3. The monoisotopic (exact) mass is 319 g/mol. The van der Waals surface area contributed by atoms with Crippen molar-refractivity contribution >= 4 is 33.4 Å². The van der Waals surface area contributed by atoms with Gasteiger partial charge in [0.25, 0.3) is 5.91 Å². The number of alkyl halides is 1. The summed E-state index contributed by atoms with van der Waals surface area (Å²) in [6.07, 6.45) is 0.664. The lowest BCUT2D eigenvalue weighted by molar-refractivity contribution is 0.0909. The Morgan fingerprint density at radius 1 is 1.53 bits per heavy atom. The molecular weight excluding hydrogens is 305 g/mol. The first-order valence-electron chi connectivity index (χ1n) is 5.23. The van der Waals surface area contributed by atoms with Crippen molar-refractivity contribution in [3.8, 4) is 5.75 Å². The minimum Gasteiger partial charge on any atom is -0.507 e. The lowest BCUT2D eigenvalue weighted by atomic mass is 10.0. The van der Waals surface area contributed by atoms with Crippen molar-refractivity contribution in [2.45, 2.75) is 25.8 Å². The van der Waals surface area contributed by atoms with Gasteiger partial charge in [-0.3, -0.25) is 4.79 Å². The van der Waals surface area contributed by atoms with E-state index in [1.54, 1.807) is 12.1 Å². The maximum absolute atomic E-state index is 11.9. The van der Waals surface area contributed by atoms with Crippen molar-refractivity contribution in [2.75, 3.05) is 5.88 Å². The number of halogens is 2. The molecule has 94 valence electrons. The molecule has 0 fully saturated rings. The fourth-order valence-corrected chi connectivity index (χ4v) is 2.19. The van der Waals surface area contributed by atoms with Crippen LogP contribution in [0.5, 0.6) is 5.75 Å². The molecule has 0 atom stereocenters. The van der Waals surface area contributed by atoms with Gasteiger partial charge in [0.15, 0.2) is 0 Å². The van der Waals surface area contributed by atoms with Gasteiger partial charge in [-0.05, 0) is 38.5 Å². The number of amides is 1. The van der Waals surface area contributed by atoms with Crippen molar-refractivity contribution in [2.24, 2.45) is 0 Å². The average molecular weight is 321 g/mol. The van der Waals surface area contributed by atoms with Crippen LogP contribution in [0.1, 0.15) is 30.6 Å². The summed E-state index contributed by atoms with van der Waals surface area (Å²) in [7, 11) is 0. The summed E-state index contributed by atoms with van der Waals surface area (Å²) in [5.74, 6) is 0.128. The third kappa shape index (κ3) is 4.21. The van der Waals surface area contributed by atoms with Crippen molar-refractivity contribution in [1.82, 2.24) is 5.32 Å². The Bertz CT molecular complexity index is 421. The molecular formula is C12H15BrClNO2. The van der Waals surface area contributed by atoms with Gasteiger partial charge in [-0.1, -0.05) is 15.9 Å². The molecule has 0 aromatic heterocycles. The Labute approximate surface area is 114 Å². The Morgan fingerprint density at radius 2 is 2.18 bits per heavy atom. The molecule has 0 radical (unpaired) electrons. The minimum absolute atomic E-state index is 0.0430. The first-order valence-corrected chi connectivity index (χ1v) is 6.55. The molecule has 1 aromatic rings. The summed E-state index contributed by atoms with van der Waals surface area (Å²) >= 11 is 8.88. The topological polar surface area (TPSA) is 49.3 Å². The highest BCUT2D eigenvalue weighted by molar-refractivity contribution is 9.10. The number of benzene rings is 1. The lowest BCUT2D eigenvalue weighted by Gasteiger charge is -2.25. The maximum Gasteiger partial charge on any atom is 0.255 e. The van der Waals surface area contributed by atoms with E-state index in [-0.39, 0.29) is 17.2 Å². The molecule has 3 nitrogen and oxygen atoms in total. The van der Waals surface area contributed by atoms with Crippen LogP contribution >= 0.6 is 27.5 Å². The highest BCUT2D eigenvalue weighted by Crippen LogP contribution is 2.23. The Balaban J connectivity index is 2.83. The molecule has 0 saturated heterocycles. The summed E-state index contributed by atoms with van der Waals surface area (Å²) < 4.78 is 0.728. The molecule has 17 heavy (non-hydrogen) atoms. The smallest absolute Gasteiger partial charge is 0.255 e. The summed E-state index contributed by atoms with van der Waals surface area (Å²) in [5, 5.41) is 12.5. The molecule has 0 aliphatic heterocycles. The zero-order valence-electron chi connectivity index (χ0n) is 9.76. The first-order chi connectivity index (χ1) is 7.85. The molecule has 1 rings (SSSR count). The van der Waals surface area contributed by atoms with Crippen molar-refractivity contribution in [3.05, 3.63) is 28.2 Å². The van der Waals surface area contributed by atoms with E-state index in [2.05, 4.69) is 21.2 Å². The van der Waals surface area contributed by atoms with Crippen LogP contribution in [-0.2, 0) is 0 Å². The van der Waals surface area contributed by atoms with E-state index >= 15 is 0 Å². The average Bonchev–Trinajstić information content (AvgIpc) is 2.15. The van der Waals surface area contributed by atoms with Gasteiger partial charge in [0.05, 0.1) is 5.56 Å². The number of carbonyl (C=O) groups excluding carboxylic acids is 1. The van der Waals surface area contributed by atoms with Crippen LogP contribution in [-0.4, -0.2) is 22.4 Å². The number of rotatable bonds is 4. The largest absolute Gasteiger partial charge is 0.507 e. The lowest BCUT2D eigenvalue weighted by Crippen LogP contribution is -2.43. The number of phenolic OH excluding ortho intramolecular Hbond substituents is 1. The summed E-state index contributed by atoms with van der Waals surface area (Å²) in [4.78, 5) is 11.9. The van der Waals surface area contributed by atoms with Crippen LogP contribution < -0.4 is 5.32 Å². The molecule has 1 amide bonds. The predicted octanol–water partition coefficient (Wildman–Crippen LogP) is 3.29. The van der Waals surface area contributed by atoms with Crippen molar-refractivity contribution in [1.29, 1.82) is 0 Å². The van der Waals surface area contributed by atoms with E-state index in [0.29, 0.717) is 12.3 Å². The number of aromatic hydroxyl groups is 1. The van der Waals surface area contributed by atoms with Crippen LogP contribution in [0.4, 0.5) is 0 Å². The first kappa shape index (κ1) is 14.3. The van der Waals surface area contributed by atoms with Gasteiger partial charge < -0.3 is 10.4 Å². The molecule has 5 heteroatoms. The molecule has 1 aromatic carbocycles. The van der Waals surface area contributed by atoms with Crippen LogP contribution in [0, 0.1) is 0 Å². The third-order valence-electron chi connectivity index (χ3n) is 2.38. The van der Waals surface area contributed by atoms with E-state index < -0.39 is 5.54 Å². The second kappa shape index (κ2) is 5.74. The van der Waals surface area contributed by atoms with Gasteiger partial charge in [-0.15, -0.1) is 11.6 Å². The summed E-state index contributed by atoms with van der Waals surface area (Å²) in [6.45, 7) is 3.78. The van der Waals surface area contributed by atoms with Crippen LogP contribution in [0.2, 0.25) is 0 Å². The number of carbonyl (C=O) groups is 1. The Hall–Kier alpha value is -0.740. The predicted molar refractivity (Wildman–Crippen MR) is 72.7 cm³/mol. The third-order valence-corrected chi connectivity index (χ3v) is 3.06. The molecule has 0 heterocycles. The molecule has 0 aliphatic carbocycles. The van der Waals surface area contributed by atoms with Crippen molar-refractivity contribution in [3.63, 3.8) is 0 Å². The molecule has 0 aliphatic rings. The molecule has 2 N–H and O–H groups in total. The summed E-state index contributed by atoms with van der Waals surface area (Å²) in [6, 6.07) is 4.78. The highest BCUT2D eigenvalue weighted by atomic mass is 79.9. The van der Waals surface area contributed by atoms with E-state index in [1.807, 2.05) is 13.8 Å². The molecule has 0 saturated carbocycles. The van der Waals surface area contributed by atoms with Crippen LogP contribution in [0.3, 0.4) is 0 Å². The van der Waals surface area contributed by atoms with Gasteiger partial charge in [0, 0.05) is 15.9 Å². The second-order valence-electron chi connectivity index (χ2n) is 4.44. The van der Waals surface area contributed by atoms with Gasteiger partial charge in [0.1, 0.15) is 5.75 Å². The Morgan fingerprint density at radius 3 is 2.71 bits per heavy atom. The second-order valence-corrected chi connectivity index (χ2v) is 5.73. The molecule has 0 unspecified atom stereocenters. The fraction of sp³-hybridized carbons (Fsp3) is 0.417. The van der Waals surface area contributed by atoms with Crippen molar-refractivity contribution < 1.29 is 9.90 Å². The number of hydrogen-bond donors (Lipinski definition) is 2. The van der Waals surface area contributed by atoms with E-state index in [1.165, 1.54) is 6.07 Å². The SMILES string of the molecule is CC(C)(CCCl)NC(=O)c1ccc(Br)cc1O. The molecule has 0 bridgehead atoms. The van der Waals surface area contributed by atoms with Gasteiger partial charge in [-0.25, -0.2) is 0 Å². The zero-order chi connectivity index (χ0) is 13.1. The number of phenols is 1. The van der Waals surface area contributed by atoms with E-state index in [0.717, 1.165) is 4.47 Å². The number of hydrogen-bond acceptors (Lipinski definition) is 2. The minimum atomic E-state index is -0.391. The van der Waals surface area contributed by atoms with Gasteiger partial charge in [-0.2, -0.15) is 0 Å². The number of nitrogens with one attached hydrogen (secondary N) is 1. The van der Waals surface area contributed by atoms with E-state index in [9.17, 15) is 9.90 Å². The van der Waals surface area contributed by atoms with Crippen LogP contribution in [0.25, 0.3) is 0 Å². The maximum atomic E-state index is 11.9. The fourth-order valence-electron chi connectivity index (χ4n) is 1.37. The quantitative estimate of drug-likeness (QED) is 0.836.